The number of hydrogen-bond acceptors (Lipinski definition) is 6. The maximum absolute atomic E-state index is 6.06. The molecule has 1 aromatic heterocycles. The van der Waals surface area contributed by atoms with Crippen molar-refractivity contribution in [1.29, 1.82) is 0 Å². The minimum atomic E-state index is 0.205. The van der Waals surface area contributed by atoms with E-state index in [1.54, 1.807) is 7.11 Å². The van der Waals surface area contributed by atoms with E-state index in [1.165, 1.54) is 6.42 Å². The molecular formula is C14H16BrN3O3. The molecule has 112 valence electrons. The van der Waals surface area contributed by atoms with Gasteiger partial charge in [-0.1, -0.05) is 21.1 Å². The molecule has 0 bridgehead atoms. The van der Waals surface area contributed by atoms with Crippen molar-refractivity contribution in [1.82, 2.24) is 10.1 Å². The van der Waals surface area contributed by atoms with Gasteiger partial charge in [-0.05, 0) is 31.4 Å². The highest BCUT2D eigenvalue weighted by molar-refractivity contribution is 9.10. The maximum Gasteiger partial charge on any atom is 0.240 e. The largest absolute Gasteiger partial charge is 0.493 e. The SMILES string of the molecule is COc1cc(Br)cc(-c2noc(CN)n2)c1OC1CCC1. The van der Waals surface area contributed by atoms with Crippen LogP contribution in [0.15, 0.2) is 21.1 Å². The van der Waals surface area contributed by atoms with E-state index in [0.29, 0.717) is 23.2 Å². The predicted molar refractivity (Wildman–Crippen MR) is 80.1 cm³/mol. The number of rotatable bonds is 5. The van der Waals surface area contributed by atoms with Gasteiger partial charge in [0.2, 0.25) is 11.7 Å². The van der Waals surface area contributed by atoms with Gasteiger partial charge in [0.25, 0.3) is 0 Å². The molecular weight excluding hydrogens is 338 g/mol. The van der Waals surface area contributed by atoms with Crippen molar-refractivity contribution in [3.05, 3.63) is 22.5 Å². The van der Waals surface area contributed by atoms with Gasteiger partial charge in [0.15, 0.2) is 11.5 Å². The van der Waals surface area contributed by atoms with Crippen molar-refractivity contribution in [2.75, 3.05) is 7.11 Å². The summed E-state index contributed by atoms with van der Waals surface area (Å²) in [5.74, 6) is 2.13. The molecule has 1 saturated carbocycles. The summed E-state index contributed by atoms with van der Waals surface area (Å²) in [6.07, 6.45) is 3.52. The lowest BCUT2D eigenvalue weighted by atomic mass is 9.96. The molecule has 3 rings (SSSR count). The van der Waals surface area contributed by atoms with Crippen LogP contribution in [0.4, 0.5) is 0 Å². The summed E-state index contributed by atoms with van der Waals surface area (Å²) in [6, 6.07) is 3.75. The van der Waals surface area contributed by atoms with Crippen LogP contribution in [0, 0.1) is 0 Å². The van der Waals surface area contributed by atoms with Crippen LogP contribution in [0.5, 0.6) is 11.5 Å². The lowest BCUT2D eigenvalue weighted by Gasteiger charge is -2.28. The molecule has 0 amide bonds. The molecule has 1 heterocycles. The summed E-state index contributed by atoms with van der Waals surface area (Å²) < 4.78 is 17.4. The van der Waals surface area contributed by atoms with Crippen LogP contribution in [0.2, 0.25) is 0 Å². The molecule has 1 fully saturated rings. The van der Waals surface area contributed by atoms with Gasteiger partial charge in [0, 0.05) is 4.47 Å². The molecule has 21 heavy (non-hydrogen) atoms. The van der Waals surface area contributed by atoms with E-state index in [4.69, 9.17) is 19.7 Å². The van der Waals surface area contributed by atoms with Crippen molar-refractivity contribution < 1.29 is 14.0 Å². The molecule has 2 aromatic rings. The molecule has 0 unspecified atom stereocenters. The van der Waals surface area contributed by atoms with Crippen molar-refractivity contribution in [2.24, 2.45) is 5.73 Å². The number of nitrogens with two attached hydrogens (primary N) is 1. The van der Waals surface area contributed by atoms with Crippen LogP contribution in [0.25, 0.3) is 11.4 Å². The fourth-order valence-corrected chi connectivity index (χ4v) is 2.55. The van der Waals surface area contributed by atoms with Crippen molar-refractivity contribution in [3.8, 4) is 22.9 Å². The maximum atomic E-state index is 6.06. The summed E-state index contributed by atoms with van der Waals surface area (Å²) in [6.45, 7) is 0.205. The molecule has 0 radical (unpaired) electrons. The first-order valence-electron chi connectivity index (χ1n) is 6.78. The number of halogens is 1. The zero-order chi connectivity index (χ0) is 14.8. The lowest BCUT2D eigenvalue weighted by Crippen LogP contribution is -2.25. The standard InChI is InChI=1S/C14H16BrN3O3/c1-19-11-6-8(15)5-10(13(11)20-9-3-2-4-9)14-17-12(7-16)21-18-14/h5-6,9H,2-4,7,16H2,1H3. The number of aromatic nitrogens is 2. The predicted octanol–water partition coefficient (Wildman–Crippen LogP) is 2.90. The van der Waals surface area contributed by atoms with E-state index in [2.05, 4.69) is 26.1 Å². The number of methoxy groups -OCH3 is 1. The summed E-state index contributed by atoms with van der Waals surface area (Å²) in [5.41, 5.74) is 6.25. The second kappa shape index (κ2) is 6.03. The zero-order valence-corrected chi connectivity index (χ0v) is 13.2. The first-order valence-corrected chi connectivity index (χ1v) is 7.57. The normalized spacial score (nSPS) is 14.8. The minimum absolute atomic E-state index is 0.205. The van der Waals surface area contributed by atoms with Gasteiger partial charge < -0.3 is 19.7 Å². The van der Waals surface area contributed by atoms with Gasteiger partial charge in [-0.25, -0.2) is 0 Å². The van der Waals surface area contributed by atoms with Gasteiger partial charge in [-0.3, -0.25) is 0 Å². The summed E-state index contributed by atoms with van der Waals surface area (Å²) in [7, 11) is 1.61. The third-order valence-corrected chi connectivity index (χ3v) is 3.92. The number of hydrogen-bond donors (Lipinski definition) is 1. The van der Waals surface area contributed by atoms with Gasteiger partial charge in [0.05, 0.1) is 25.3 Å². The molecule has 1 aromatic carbocycles. The highest BCUT2D eigenvalue weighted by atomic mass is 79.9. The summed E-state index contributed by atoms with van der Waals surface area (Å²) >= 11 is 3.46. The van der Waals surface area contributed by atoms with E-state index in [0.717, 1.165) is 22.9 Å². The highest BCUT2D eigenvalue weighted by Crippen LogP contribution is 2.42. The highest BCUT2D eigenvalue weighted by Gasteiger charge is 2.25. The van der Waals surface area contributed by atoms with Crippen LogP contribution < -0.4 is 15.2 Å². The second-order valence-corrected chi connectivity index (χ2v) is 5.79. The van der Waals surface area contributed by atoms with Crippen molar-refractivity contribution >= 4 is 15.9 Å². The van der Waals surface area contributed by atoms with E-state index >= 15 is 0 Å². The molecule has 0 saturated heterocycles. The van der Waals surface area contributed by atoms with Gasteiger partial charge in [-0.2, -0.15) is 4.98 Å². The minimum Gasteiger partial charge on any atom is -0.493 e. The van der Waals surface area contributed by atoms with E-state index < -0.39 is 0 Å². The Labute approximate surface area is 130 Å². The van der Waals surface area contributed by atoms with Crippen molar-refractivity contribution in [2.45, 2.75) is 31.9 Å². The Morgan fingerprint density at radius 2 is 2.24 bits per heavy atom. The van der Waals surface area contributed by atoms with Gasteiger partial charge in [0.1, 0.15) is 0 Å². The Hall–Kier alpha value is -1.60. The molecule has 1 aliphatic carbocycles. The smallest absolute Gasteiger partial charge is 0.240 e. The Bertz CT molecular complexity index is 640. The average Bonchev–Trinajstić information content (AvgIpc) is 2.91. The van der Waals surface area contributed by atoms with E-state index in [1.807, 2.05) is 12.1 Å². The molecule has 6 nitrogen and oxygen atoms in total. The third kappa shape index (κ3) is 2.89. The quantitative estimate of drug-likeness (QED) is 0.889. The Balaban J connectivity index is 2.05. The monoisotopic (exact) mass is 353 g/mol. The zero-order valence-electron chi connectivity index (χ0n) is 11.6. The molecule has 1 aliphatic rings. The van der Waals surface area contributed by atoms with Crippen LogP contribution in [-0.2, 0) is 6.54 Å². The summed E-state index contributed by atoms with van der Waals surface area (Å²) in [4.78, 5) is 4.27. The molecule has 2 N–H and O–H groups in total. The fourth-order valence-electron chi connectivity index (χ4n) is 2.11. The Morgan fingerprint density at radius 3 is 2.81 bits per heavy atom. The first-order chi connectivity index (χ1) is 10.2. The first kappa shape index (κ1) is 14.3. The van der Waals surface area contributed by atoms with Crippen LogP contribution in [-0.4, -0.2) is 23.4 Å². The lowest BCUT2D eigenvalue weighted by molar-refractivity contribution is 0.116. The van der Waals surface area contributed by atoms with Crippen LogP contribution in [0.3, 0.4) is 0 Å². The Kier molecular flexibility index (Phi) is 4.12. The van der Waals surface area contributed by atoms with Crippen molar-refractivity contribution in [3.63, 3.8) is 0 Å². The van der Waals surface area contributed by atoms with Crippen LogP contribution >= 0.6 is 15.9 Å². The molecule has 0 spiro atoms. The van der Waals surface area contributed by atoms with E-state index in [-0.39, 0.29) is 12.6 Å². The summed E-state index contributed by atoms with van der Waals surface area (Å²) in [5, 5.41) is 3.96. The average molecular weight is 354 g/mol. The third-order valence-electron chi connectivity index (χ3n) is 3.46. The number of nitrogens with zero attached hydrogens (tertiary/aromatic N) is 2. The molecule has 7 heteroatoms. The number of ether oxygens (including phenoxy) is 2. The van der Waals surface area contributed by atoms with E-state index in [9.17, 15) is 0 Å². The van der Waals surface area contributed by atoms with Gasteiger partial charge in [-0.15, -0.1) is 0 Å². The van der Waals surface area contributed by atoms with Crippen LogP contribution in [0.1, 0.15) is 25.2 Å². The fraction of sp³-hybridized carbons (Fsp3) is 0.429. The molecule has 0 atom stereocenters. The second-order valence-electron chi connectivity index (χ2n) is 4.87. The Morgan fingerprint density at radius 1 is 1.43 bits per heavy atom. The number of benzene rings is 1. The van der Waals surface area contributed by atoms with Gasteiger partial charge >= 0.3 is 0 Å². The topological polar surface area (TPSA) is 83.4 Å². The molecule has 0 aliphatic heterocycles.